The minimum atomic E-state index is -0.167. The summed E-state index contributed by atoms with van der Waals surface area (Å²) in [4.78, 5) is 13.9. The molecule has 16 heavy (non-hydrogen) atoms. The largest absolute Gasteiger partial charge is 0.443 e. The van der Waals surface area contributed by atoms with Crippen LogP contribution in [0.15, 0.2) is 0 Å². The van der Waals surface area contributed by atoms with Gasteiger partial charge in [0.1, 0.15) is 5.60 Å². The number of likely N-dealkylation sites (tertiary alicyclic amines) is 1. The van der Waals surface area contributed by atoms with E-state index in [0.717, 1.165) is 38.8 Å². The van der Waals surface area contributed by atoms with Crippen molar-refractivity contribution >= 4 is 6.09 Å². The highest BCUT2D eigenvalue weighted by Gasteiger charge is 2.41. The molecular weight excluding hydrogens is 202 g/mol. The molecule has 1 saturated carbocycles. The van der Waals surface area contributed by atoms with Crippen LogP contribution in [0.2, 0.25) is 0 Å². The van der Waals surface area contributed by atoms with Gasteiger partial charge in [0.05, 0.1) is 0 Å². The SMILES string of the molecule is CC(C)C1(OC(=O)N2CCCC2)CCCC1. The second-order valence-corrected chi connectivity index (χ2v) is 5.49. The third kappa shape index (κ3) is 2.18. The first-order chi connectivity index (χ1) is 7.64. The van der Waals surface area contributed by atoms with Gasteiger partial charge in [0.15, 0.2) is 0 Å². The average Bonchev–Trinajstić information content (AvgIpc) is 2.88. The predicted molar refractivity (Wildman–Crippen MR) is 63.3 cm³/mol. The van der Waals surface area contributed by atoms with Gasteiger partial charge in [-0.2, -0.15) is 0 Å². The van der Waals surface area contributed by atoms with Crippen molar-refractivity contribution < 1.29 is 9.53 Å². The zero-order valence-corrected chi connectivity index (χ0v) is 10.5. The van der Waals surface area contributed by atoms with Crippen molar-refractivity contribution in [2.75, 3.05) is 13.1 Å². The van der Waals surface area contributed by atoms with Crippen LogP contribution in [0.4, 0.5) is 4.79 Å². The van der Waals surface area contributed by atoms with E-state index in [2.05, 4.69) is 13.8 Å². The number of amides is 1. The van der Waals surface area contributed by atoms with Crippen LogP contribution in [-0.4, -0.2) is 29.7 Å². The monoisotopic (exact) mass is 225 g/mol. The van der Waals surface area contributed by atoms with Crippen molar-refractivity contribution in [2.45, 2.75) is 58.0 Å². The molecule has 1 aliphatic carbocycles. The van der Waals surface area contributed by atoms with E-state index in [-0.39, 0.29) is 11.7 Å². The van der Waals surface area contributed by atoms with Crippen molar-refractivity contribution in [3.8, 4) is 0 Å². The number of ether oxygens (including phenoxy) is 1. The quantitative estimate of drug-likeness (QED) is 0.722. The third-order valence-electron chi connectivity index (χ3n) is 4.16. The maximum atomic E-state index is 12.0. The lowest BCUT2D eigenvalue weighted by Gasteiger charge is -2.34. The summed E-state index contributed by atoms with van der Waals surface area (Å²) in [6, 6.07) is 0. The number of hydrogen-bond donors (Lipinski definition) is 0. The Labute approximate surface area is 98.1 Å². The fraction of sp³-hybridized carbons (Fsp3) is 0.923. The molecule has 3 heteroatoms. The van der Waals surface area contributed by atoms with Gasteiger partial charge in [0, 0.05) is 13.1 Å². The first-order valence-electron chi connectivity index (χ1n) is 6.62. The van der Waals surface area contributed by atoms with Crippen molar-refractivity contribution in [1.29, 1.82) is 0 Å². The van der Waals surface area contributed by atoms with Gasteiger partial charge in [-0.1, -0.05) is 13.8 Å². The second-order valence-electron chi connectivity index (χ2n) is 5.49. The summed E-state index contributed by atoms with van der Waals surface area (Å²) >= 11 is 0. The summed E-state index contributed by atoms with van der Waals surface area (Å²) in [5, 5.41) is 0. The molecule has 0 aromatic heterocycles. The Bertz CT molecular complexity index is 251. The second kappa shape index (κ2) is 4.64. The molecule has 0 bridgehead atoms. The zero-order valence-electron chi connectivity index (χ0n) is 10.5. The van der Waals surface area contributed by atoms with E-state index in [1.165, 1.54) is 12.8 Å². The van der Waals surface area contributed by atoms with Crippen LogP contribution in [0, 0.1) is 5.92 Å². The van der Waals surface area contributed by atoms with E-state index in [4.69, 9.17) is 4.74 Å². The Morgan fingerprint density at radius 1 is 1.12 bits per heavy atom. The van der Waals surface area contributed by atoms with Crippen molar-refractivity contribution in [1.82, 2.24) is 4.90 Å². The number of carbonyl (C=O) groups excluding carboxylic acids is 1. The van der Waals surface area contributed by atoms with E-state index in [1.807, 2.05) is 4.90 Å². The van der Waals surface area contributed by atoms with Gasteiger partial charge in [-0.3, -0.25) is 0 Å². The molecule has 1 aliphatic heterocycles. The molecule has 1 saturated heterocycles. The number of hydrogen-bond acceptors (Lipinski definition) is 2. The summed E-state index contributed by atoms with van der Waals surface area (Å²) < 4.78 is 5.83. The molecule has 1 heterocycles. The van der Waals surface area contributed by atoms with E-state index in [0.29, 0.717) is 5.92 Å². The van der Waals surface area contributed by atoms with Crippen LogP contribution in [-0.2, 0) is 4.74 Å². The van der Waals surface area contributed by atoms with Gasteiger partial charge < -0.3 is 9.64 Å². The lowest BCUT2D eigenvalue weighted by atomic mass is 9.88. The highest BCUT2D eigenvalue weighted by atomic mass is 16.6. The molecule has 0 unspecified atom stereocenters. The lowest BCUT2D eigenvalue weighted by molar-refractivity contribution is -0.0335. The molecule has 0 N–H and O–H groups in total. The van der Waals surface area contributed by atoms with Gasteiger partial charge in [0.2, 0.25) is 0 Å². The number of rotatable bonds is 2. The Balaban J connectivity index is 1.97. The zero-order chi connectivity index (χ0) is 11.6. The molecule has 0 atom stereocenters. The minimum absolute atomic E-state index is 0.0758. The minimum Gasteiger partial charge on any atom is -0.443 e. The molecule has 0 aromatic carbocycles. The van der Waals surface area contributed by atoms with E-state index >= 15 is 0 Å². The Morgan fingerprint density at radius 2 is 1.69 bits per heavy atom. The normalized spacial score (nSPS) is 24.1. The Morgan fingerprint density at radius 3 is 2.19 bits per heavy atom. The van der Waals surface area contributed by atoms with Gasteiger partial charge >= 0.3 is 6.09 Å². The third-order valence-corrected chi connectivity index (χ3v) is 4.16. The molecule has 2 fully saturated rings. The van der Waals surface area contributed by atoms with Gasteiger partial charge in [0.25, 0.3) is 0 Å². The highest BCUT2D eigenvalue weighted by molar-refractivity contribution is 5.68. The Hall–Kier alpha value is -0.730. The standard InChI is InChI=1S/C13H23NO2/c1-11(2)13(7-3-4-8-13)16-12(15)14-9-5-6-10-14/h11H,3-10H2,1-2H3. The lowest BCUT2D eigenvalue weighted by Crippen LogP contribution is -2.42. The topological polar surface area (TPSA) is 29.5 Å². The molecular formula is C13H23NO2. The van der Waals surface area contributed by atoms with E-state index < -0.39 is 0 Å². The van der Waals surface area contributed by atoms with Crippen molar-refractivity contribution in [2.24, 2.45) is 5.92 Å². The van der Waals surface area contributed by atoms with E-state index in [1.54, 1.807) is 0 Å². The smallest absolute Gasteiger partial charge is 0.410 e. The first-order valence-corrected chi connectivity index (χ1v) is 6.62. The molecule has 92 valence electrons. The van der Waals surface area contributed by atoms with Crippen LogP contribution < -0.4 is 0 Å². The number of nitrogens with zero attached hydrogens (tertiary/aromatic N) is 1. The fourth-order valence-corrected chi connectivity index (χ4v) is 2.91. The predicted octanol–water partition coefficient (Wildman–Crippen LogP) is 3.19. The highest BCUT2D eigenvalue weighted by Crippen LogP contribution is 2.39. The summed E-state index contributed by atoms with van der Waals surface area (Å²) in [5.74, 6) is 0.432. The maximum absolute atomic E-state index is 12.0. The Kier molecular flexibility index (Phi) is 3.41. The fourth-order valence-electron chi connectivity index (χ4n) is 2.91. The van der Waals surface area contributed by atoms with Crippen LogP contribution in [0.1, 0.15) is 52.4 Å². The van der Waals surface area contributed by atoms with Crippen LogP contribution in [0.25, 0.3) is 0 Å². The van der Waals surface area contributed by atoms with Gasteiger partial charge in [-0.05, 0) is 44.4 Å². The van der Waals surface area contributed by atoms with Crippen LogP contribution in [0.3, 0.4) is 0 Å². The van der Waals surface area contributed by atoms with Gasteiger partial charge in [-0.25, -0.2) is 4.79 Å². The molecule has 3 nitrogen and oxygen atoms in total. The summed E-state index contributed by atoms with van der Waals surface area (Å²) in [7, 11) is 0. The maximum Gasteiger partial charge on any atom is 0.410 e. The summed E-state index contributed by atoms with van der Waals surface area (Å²) in [6.07, 6.45) is 6.67. The van der Waals surface area contributed by atoms with Gasteiger partial charge in [-0.15, -0.1) is 0 Å². The molecule has 0 radical (unpaired) electrons. The molecule has 0 spiro atoms. The molecule has 0 aromatic rings. The summed E-state index contributed by atoms with van der Waals surface area (Å²) in [5.41, 5.74) is -0.167. The van der Waals surface area contributed by atoms with Crippen LogP contribution >= 0.6 is 0 Å². The number of carbonyl (C=O) groups is 1. The molecule has 1 amide bonds. The van der Waals surface area contributed by atoms with Crippen molar-refractivity contribution in [3.05, 3.63) is 0 Å². The van der Waals surface area contributed by atoms with Crippen molar-refractivity contribution in [3.63, 3.8) is 0 Å². The average molecular weight is 225 g/mol. The molecule has 2 rings (SSSR count). The molecule has 2 aliphatic rings. The summed E-state index contributed by atoms with van der Waals surface area (Å²) in [6.45, 7) is 6.10. The first kappa shape index (κ1) is 11.7. The van der Waals surface area contributed by atoms with E-state index in [9.17, 15) is 4.79 Å². The van der Waals surface area contributed by atoms with Crippen LogP contribution in [0.5, 0.6) is 0 Å².